The van der Waals surface area contributed by atoms with Gasteiger partial charge in [0.1, 0.15) is 17.8 Å². The number of carbonyl (C=O) groups excluding carboxylic acids is 4. The number of nitrogens with zero attached hydrogens (tertiary/aromatic N) is 5. The third-order valence-corrected chi connectivity index (χ3v) is 6.98. The standard InChI is InChI=1S/C27H31N7O6/c1-39-24-10-9-22(40-24)27(38)32-12-13-34-21(17-32)25(36)28-15-19-16-33(31-30-19)11-5-8-23(35)29-20(26(34)37)14-18-6-3-2-4-7-18/h2-4,6-7,9-10,16,20-21H,5,8,11-15,17H2,1H3,(H,28,36)(H,29,35)/t20-,21+/m0/s1. The summed E-state index contributed by atoms with van der Waals surface area (Å²) < 4.78 is 12.1. The average Bonchev–Trinajstić information content (AvgIpc) is 3.64. The lowest BCUT2D eigenvalue weighted by molar-refractivity contribution is -0.146. The van der Waals surface area contributed by atoms with Crippen LogP contribution >= 0.6 is 0 Å². The molecular formula is C27H31N7O6. The van der Waals surface area contributed by atoms with Crippen LogP contribution in [0.4, 0.5) is 0 Å². The molecule has 0 unspecified atom stereocenters. The number of benzene rings is 1. The fourth-order valence-corrected chi connectivity index (χ4v) is 4.90. The fourth-order valence-electron chi connectivity index (χ4n) is 4.90. The molecule has 1 aromatic carbocycles. The SMILES string of the molecule is COc1ccc(C(=O)N2CCN3C(=O)[C@H](Cc4ccccc4)NC(=O)CCCn4cc(nn4)CNC(=O)[C@H]3C2)o1. The van der Waals surface area contributed by atoms with Crippen molar-refractivity contribution in [1.29, 1.82) is 0 Å². The monoisotopic (exact) mass is 549 g/mol. The van der Waals surface area contributed by atoms with Crippen LogP contribution in [0, 0.1) is 0 Å². The maximum Gasteiger partial charge on any atom is 0.289 e. The molecule has 0 spiro atoms. The van der Waals surface area contributed by atoms with E-state index in [0.29, 0.717) is 18.7 Å². The number of hydrogen-bond donors (Lipinski definition) is 2. The molecule has 4 heterocycles. The number of ether oxygens (including phenoxy) is 1. The van der Waals surface area contributed by atoms with Gasteiger partial charge in [-0.3, -0.25) is 23.9 Å². The molecular weight excluding hydrogens is 518 g/mol. The van der Waals surface area contributed by atoms with Crippen LogP contribution in [0.2, 0.25) is 0 Å². The zero-order valence-corrected chi connectivity index (χ0v) is 22.1. The molecule has 13 heteroatoms. The highest BCUT2D eigenvalue weighted by Crippen LogP contribution is 2.21. The molecule has 5 rings (SSSR count). The quantitative estimate of drug-likeness (QED) is 0.474. The lowest BCUT2D eigenvalue weighted by Gasteiger charge is -2.41. The predicted molar refractivity (Wildman–Crippen MR) is 140 cm³/mol. The van der Waals surface area contributed by atoms with Crippen LogP contribution in [0.5, 0.6) is 5.95 Å². The van der Waals surface area contributed by atoms with E-state index in [4.69, 9.17) is 9.15 Å². The molecule has 2 aliphatic rings. The Hall–Kier alpha value is -4.68. The Balaban J connectivity index is 1.43. The normalized spacial score (nSPS) is 20.6. The lowest BCUT2D eigenvalue weighted by Crippen LogP contribution is -2.64. The van der Waals surface area contributed by atoms with Gasteiger partial charge in [0.05, 0.1) is 26.4 Å². The molecule has 4 amide bonds. The van der Waals surface area contributed by atoms with Crippen LogP contribution in [-0.4, -0.2) is 87.3 Å². The van der Waals surface area contributed by atoms with Gasteiger partial charge in [-0.2, -0.15) is 0 Å². The van der Waals surface area contributed by atoms with E-state index in [1.807, 2.05) is 30.3 Å². The number of furan rings is 1. The molecule has 1 saturated heterocycles. The molecule has 2 aliphatic heterocycles. The first kappa shape index (κ1) is 26.9. The van der Waals surface area contributed by atoms with E-state index >= 15 is 0 Å². The molecule has 3 aromatic rings. The number of piperazine rings is 1. The van der Waals surface area contributed by atoms with E-state index < -0.39 is 23.9 Å². The van der Waals surface area contributed by atoms with Gasteiger partial charge in [-0.05, 0) is 18.1 Å². The van der Waals surface area contributed by atoms with Crippen molar-refractivity contribution in [2.45, 2.75) is 44.4 Å². The number of aromatic nitrogens is 3. The number of rotatable bonds is 4. The lowest BCUT2D eigenvalue weighted by atomic mass is 10.0. The number of methoxy groups -OCH3 is 1. The minimum atomic E-state index is -1.00. The van der Waals surface area contributed by atoms with Crippen molar-refractivity contribution >= 4 is 23.6 Å². The molecule has 0 aliphatic carbocycles. The summed E-state index contributed by atoms with van der Waals surface area (Å²) in [5.41, 5.74) is 1.41. The first-order valence-corrected chi connectivity index (χ1v) is 13.1. The minimum absolute atomic E-state index is 0.0574. The van der Waals surface area contributed by atoms with Crippen LogP contribution in [0.3, 0.4) is 0 Å². The van der Waals surface area contributed by atoms with Crippen LogP contribution in [0.15, 0.2) is 53.1 Å². The fraction of sp³-hybridized carbons (Fsp3) is 0.407. The Bertz CT molecular complexity index is 1370. The summed E-state index contributed by atoms with van der Waals surface area (Å²) in [6, 6.07) is 10.5. The summed E-state index contributed by atoms with van der Waals surface area (Å²) >= 11 is 0. The smallest absolute Gasteiger partial charge is 0.289 e. The largest absolute Gasteiger partial charge is 0.468 e. The maximum absolute atomic E-state index is 14.0. The third kappa shape index (κ3) is 6.14. The second-order valence-corrected chi connectivity index (χ2v) is 9.73. The van der Waals surface area contributed by atoms with Crippen molar-refractivity contribution in [1.82, 2.24) is 35.4 Å². The summed E-state index contributed by atoms with van der Waals surface area (Å²) in [5, 5.41) is 13.9. The van der Waals surface area contributed by atoms with Gasteiger partial charge in [-0.15, -0.1) is 5.10 Å². The summed E-state index contributed by atoms with van der Waals surface area (Å²) in [4.78, 5) is 56.5. The van der Waals surface area contributed by atoms with Gasteiger partial charge in [-0.1, -0.05) is 35.5 Å². The molecule has 2 N–H and O–H groups in total. The van der Waals surface area contributed by atoms with Crippen molar-refractivity contribution in [2.24, 2.45) is 0 Å². The average molecular weight is 550 g/mol. The van der Waals surface area contributed by atoms with Gasteiger partial charge in [-0.25, -0.2) is 0 Å². The minimum Gasteiger partial charge on any atom is -0.468 e. The Labute approximate surface area is 230 Å². The molecule has 2 atom stereocenters. The molecule has 2 bridgehead atoms. The van der Waals surface area contributed by atoms with Gasteiger partial charge < -0.3 is 29.6 Å². The molecule has 40 heavy (non-hydrogen) atoms. The Morgan fingerprint density at radius 2 is 1.93 bits per heavy atom. The van der Waals surface area contributed by atoms with Gasteiger partial charge in [0, 0.05) is 38.5 Å². The maximum atomic E-state index is 14.0. The summed E-state index contributed by atoms with van der Waals surface area (Å²) in [6.45, 7) is 0.786. The van der Waals surface area contributed by atoms with Gasteiger partial charge in [0.2, 0.25) is 17.7 Å². The number of hydrogen-bond acceptors (Lipinski definition) is 8. The van der Waals surface area contributed by atoms with E-state index in [1.165, 1.54) is 29.0 Å². The van der Waals surface area contributed by atoms with Crippen molar-refractivity contribution < 1.29 is 28.3 Å². The van der Waals surface area contributed by atoms with E-state index in [9.17, 15) is 19.2 Å². The zero-order chi connectivity index (χ0) is 28.1. The van der Waals surface area contributed by atoms with Crippen molar-refractivity contribution in [3.05, 3.63) is 65.7 Å². The first-order chi connectivity index (χ1) is 19.4. The number of aryl methyl sites for hydroxylation is 1. The van der Waals surface area contributed by atoms with Gasteiger partial charge in [0.15, 0.2) is 5.76 Å². The summed E-state index contributed by atoms with van der Waals surface area (Å²) in [5.74, 6) is -1.26. The number of nitrogens with one attached hydrogen (secondary N) is 2. The zero-order valence-electron chi connectivity index (χ0n) is 22.1. The van der Waals surface area contributed by atoms with Crippen molar-refractivity contribution in [3.63, 3.8) is 0 Å². The summed E-state index contributed by atoms with van der Waals surface area (Å²) in [6.07, 6.45) is 2.68. The van der Waals surface area contributed by atoms with E-state index in [-0.39, 0.29) is 62.5 Å². The van der Waals surface area contributed by atoms with E-state index in [2.05, 4.69) is 20.9 Å². The molecule has 210 valence electrons. The number of fused-ring (bicyclic) bond motifs is 3. The Morgan fingerprint density at radius 1 is 1.10 bits per heavy atom. The first-order valence-electron chi connectivity index (χ1n) is 13.1. The highest BCUT2D eigenvalue weighted by Gasteiger charge is 2.40. The van der Waals surface area contributed by atoms with E-state index in [1.54, 1.807) is 10.9 Å². The molecule has 0 radical (unpaired) electrons. The third-order valence-electron chi connectivity index (χ3n) is 6.98. The highest BCUT2D eigenvalue weighted by atomic mass is 16.6. The van der Waals surface area contributed by atoms with Crippen LogP contribution in [0.25, 0.3) is 0 Å². The number of carbonyl (C=O) groups is 4. The summed E-state index contributed by atoms with van der Waals surface area (Å²) in [7, 11) is 1.43. The topological polar surface area (TPSA) is 152 Å². The second kappa shape index (κ2) is 12.0. The predicted octanol–water partition coefficient (Wildman–Crippen LogP) is 0.370. The molecule has 0 saturated carbocycles. The Morgan fingerprint density at radius 3 is 2.70 bits per heavy atom. The van der Waals surface area contributed by atoms with Crippen molar-refractivity contribution in [2.75, 3.05) is 26.7 Å². The van der Waals surface area contributed by atoms with Gasteiger partial charge in [0.25, 0.3) is 11.9 Å². The highest BCUT2D eigenvalue weighted by molar-refractivity contribution is 5.95. The Kier molecular flexibility index (Phi) is 8.08. The van der Waals surface area contributed by atoms with Crippen LogP contribution in [0.1, 0.15) is 34.7 Å². The van der Waals surface area contributed by atoms with E-state index in [0.717, 1.165) is 5.56 Å². The van der Waals surface area contributed by atoms with Crippen LogP contribution < -0.4 is 15.4 Å². The molecule has 1 fully saturated rings. The van der Waals surface area contributed by atoms with Crippen molar-refractivity contribution in [3.8, 4) is 5.95 Å². The van der Waals surface area contributed by atoms with Crippen LogP contribution in [-0.2, 0) is 33.9 Å². The molecule has 2 aromatic heterocycles. The van der Waals surface area contributed by atoms with Gasteiger partial charge >= 0.3 is 0 Å². The number of amides is 4. The second-order valence-electron chi connectivity index (χ2n) is 9.73. The molecule has 13 nitrogen and oxygen atoms in total.